The van der Waals surface area contributed by atoms with Gasteiger partial charge in [-0.05, 0) is 103 Å². The van der Waals surface area contributed by atoms with Gasteiger partial charge < -0.3 is 18.3 Å². The molecule has 0 radical (unpaired) electrons. The average molecular weight is 1330 g/mol. The van der Waals surface area contributed by atoms with Crippen LogP contribution in [0, 0.1) is 22.7 Å². The number of aromatic nitrogens is 4. The van der Waals surface area contributed by atoms with Crippen molar-refractivity contribution in [2.24, 2.45) is 0 Å². The number of benzene rings is 16. The predicted molar refractivity (Wildman–Crippen MR) is 430 cm³/mol. The van der Waals surface area contributed by atoms with E-state index in [1.54, 1.807) is 22.7 Å². The normalized spacial score (nSPS) is 12.1. The van der Waals surface area contributed by atoms with Crippen molar-refractivity contribution in [2.45, 2.75) is 0 Å². The third-order valence-corrected chi connectivity index (χ3v) is 24.0. The minimum atomic E-state index is 0.398. The first kappa shape index (κ1) is 56.7. The molecule has 0 aliphatic carbocycles. The Balaban J connectivity index is 1.01. The second-order valence-corrected chi connectivity index (χ2v) is 28.8. The zero-order valence-corrected chi connectivity index (χ0v) is 56.2. The quantitative estimate of drug-likeness (QED) is 0.160. The zero-order chi connectivity index (χ0) is 67.0. The van der Waals surface area contributed by atoms with E-state index in [0.29, 0.717) is 33.9 Å². The standard InChI is InChI=1S/C94H52N6S2/c95-53-75-88(98-79-43-15-9-33-65(79)66-34-10-16-44-80(66)98)90(100-82-46-22-40-70(62-30-6-5-29-61(62)59-37-19-25-55-23-1-3-27-57(55)59)86(82)74-52-50-72-68-36-12-18-48-84(68)102-94(72)92(74)100)76(54-96)87(97-77-41-13-7-31-63(77)64-32-8-14-42-78(64)97)89(75)99-81-45-21-39-69(60-38-20-26-56-24-2-4-28-58(56)60)85(81)73-51-49-71-67-35-11-17-47-83(67)101-93(71)91(73)99/h1-52H. The summed E-state index contributed by atoms with van der Waals surface area (Å²) in [7, 11) is 0. The van der Waals surface area contributed by atoms with Gasteiger partial charge in [0.05, 0.1) is 76.3 Å². The molecule has 0 saturated heterocycles. The van der Waals surface area contributed by atoms with Crippen molar-refractivity contribution in [1.82, 2.24) is 18.3 Å². The van der Waals surface area contributed by atoms with Gasteiger partial charge in [0.1, 0.15) is 23.3 Å². The molecular formula is C94H52N6S2. The topological polar surface area (TPSA) is 67.3 Å². The van der Waals surface area contributed by atoms with Crippen molar-refractivity contribution in [3.8, 4) is 68.3 Å². The van der Waals surface area contributed by atoms with Crippen LogP contribution in [0.2, 0.25) is 0 Å². The van der Waals surface area contributed by atoms with E-state index >= 15 is 0 Å². The largest absolute Gasteiger partial charge is 0.306 e. The molecule has 6 aromatic heterocycles. The molecule has 0 saturated carbocycles. The molecule has 0 atom stereocenters. The summed E-state index contributed by atoms with van der Waals surface area (Å²) < 4.78 is 13.9. The van der Waals surface area contributed by atoms with E-state index in [9.17, 15) is 10.5 Å². The van der Waals surface area contributed by atoms with Crippen molar-refractivity contribution in [2.75, 3.05) is 0 Å². The molecule has 0 N–H and O–H groups in total. The molecule has 22 rings (SSSR count). The second-order valence-electron chi connectivity index (χ2n) is 26.6. The van der Waals surface area contributed by atoms with Gasteiger partial charge in [-0.2, -0.15) is 10.5 Å². The molecule has 0 aliphatic heterocycles. The van der Waals surface area contributed by atoms with Gasteiger partial charge in [0.2, 0.25) is 0 Å². The SMILES string of the molecule is N#Cc1c(-n2c3ccccc3c3ccccc32)c(-n2c3cccc(-c4cccc5ccccc45)c3c3ccc4c5ccccc5sc4c32)c(C#N)c(-n2c3ccccc3c3ccccc32)c1-n1c2cccc(-c3ccccc3-c3cccc4ccccc34)c2c2ccc3c4ccccc4sc3c21. The monoisotopic (exact) mass is 1330 g/mol. The molecule has 6 nitrogen and oxygen atoms in total. The summed E-state index contributed by atoms with van der Waals surface area (Å²) in [5, 5.41) is 44.7. The van der Waals surface area contributed by atoms with Gasteiger partial charge in [-0.3, -0.25) is 0 Å². The van der Waals surface area contributed by atoms with Crippen molar-refractivity contribution in [3.63, 3.8) is 0 Å². The zero-order valence-electron chi connectivity index (χ0n) is 54.5. The molecule has 102 heavy (non-hydrogen) atoms. The van der Waals surface area contributed by atoms with Crippen LogP contribution in [0.4, 0.5) is 0 Å². The van der Waals surface area contributed by atoms with Crippen LogP contribution in [0.1, 0.15) is 11.1 Å². The summed E-state index contributed by atoms with van der Waals surface area (Å²) in [6, 6.07) is 120. The molecule has 470 valence electrons. The Hall–Kier alpha value is -13.3. The number of nitrogens with zero attached hydrogens (tertiary/aromatic N) is 6. The lowest BCUT2D eigenvalue weighted by Crippen LogP contribution is -2.16. The minimum absolute atomic E-state index is 0.398. The van der Waals surface area contributed by atoms with Crippen molar-refractivity contribution < 1.29 is 0 Å². The number of para-hydroxylation sites is 4. The van der Waals surface area contributed by atoms with E-state index in [1.807, 2.05) is 0 Å². The summed E-state index contributed by atoms with van der Waals surface area (Å²) in [6.45, 7) is 0. The van der Waals surface area contributed by atoms with Crippen LogP contribution < -0.4 is 0 Å². The lowest BCUT2D eigenvalue weighted by Gasteiger charge is -2.27. The van der Waals surface area contributed by atoms with Crippen LogP contribution in [-0.2, 0) is 0 Å². The molecule has 22 aromatic rings. The Morgan fingerprint density at radius 2 is 0.500 bits per heavy atom. The average Bonchev–Trinajstić information content (AvgIpc) is 1.49. The number of fused-ring (bicyclic) bond motifs is 22. The molecule has 0 bridgehead atoms. The van der Waals surface area contributed by atoms with Gasteiger partial charge in [-0.15, -0.1) is 22.7 Å². The van der Waals surface area contributed by atoms with Gasteiger partial charge in [0.15, 0.2) is 0 Å². The highest BCUT2D eigenvalue weighted by Gasteiger charge is 2.37. The van der Waals surface area contributed by atoms with Gasteiger partial charge in [-0.1, -0.05) is 267 Å². The first-order chi connectivity index (χ1) is 50.6. The number of rotatable bonds is 7. The maximum Gasteiger partial charge on any atom is 0.104 e. The Kier molecular flexibility index (Phi) is 12.0. The predicted octanol–water partition coefficient (Wildman–Crippen LogP) is 25.9. The molecule has 0 aliphatic rings. The van der Waals surface area contributed by atoms with Crippen molar-refractivity contribution >= 4 is 172 Å². The lowest BCUT2D eigenvalue weighted by molar-refractivity contribution is 1.03. The smallest absolute Gasteiger partial charge is 0.104 e. The summed E-state index contributed by atoms with van der Waals surface area (Å²) in [4.78, 5) is 0. The molecule has 0 unspecified atom stereocenters. The Labute approximate surface area is 591 Å². The van der Waals surface area contributed by atoms with Gasteiger partial charge in [0, 0.05) is 74.0 Å². The summed E-state index contributed by atoms with van der Waals surface area (Å²) >= 11 is 3.56. The van der Waals surface area contributed by atoms with Gasteiger partial charge in [-0.25, -0.2) is 0 Å². The van der Waals surface area contributed by atoms with Crippen molar-refractivity contribution in [1.29, 1.82) is 10.5 Å². The lowest BCUT2D eigenvalue weighted by atomic mass is 9.89. The summed E-state index contributed by atoms with van der Waals surface area (Å²) in [5.41, 5.74) is 17.1. The fourth-order valence-corrected chi connectivity index (χ4v) is 20.0. The Morgan fingerprint density at radius 1 is 0.216 bits per heavy atom. The first-order valence-corrected chi connectivity index (χ1v) is 36.1. The van der Waals surface area contributed by atoms with E-state index < -0.39 is 0 Å². The highest BCUT2D eigenvalue weighted by atomic mass is 32.1. The van der Waals surface area contributed by atoms with Gasteiger partial charge >= 0.3 is 0 Å². The van der Waals surface area contributed by atoms with E-state index in [0.717, 1.165) is 172 Å². The number of hydrogen-bond acceptors (Lipinski definition) is 4. The Bertz CT molecular complexity index is 7440. The second kappa shape index (κ2) is 21.6. The summed E-state index contributed by atoms with van der Waals surface area (Å²) in [6.07, 6.45) is 0. The van der Waals surface area contributed by atoms with E-state index in [-0.39, 0.29) is 0 Å². The molecule has 8 heteroatoms. The first-order valence-electron chi connectivity index (χ1n) is 34.4. The van der Waals surface area contributed by atoms with E-state index in [4.69, 9.17) is 0 Å². The molecule has 0 spiro atoms. The summed E-state index contributed by atoms with van der Waals surface area (Å²) in [5.74, 6) is 0. The van der Waals surface area contributed by atoms with Crippen LogP contribution in [0.3, 0.4) is 0 Å². The molecule has 0 fully saturated rings. The van der Waals surface area contributed by atoms with Crippen LogP contribution in [0.5, 0.6) is 0 Å². The molecule has 0 amide bonds. The molecule has 6 heterocycles. The number of nitriles is 2. The Morgan fingerprint density at radius 3 is 0.931 bits per heavy atom. The maximum atomic E-state index is 13.6. The van der Waals surface area contributed by atoms with E-state index in [2.05, 4.69) is 346 Å². The molecule has 16 aromatic carbocycles. The van der Waals surface area contributed by atoms with E-state index in [1.165, 1.54) is 10.8 Å². The molecular weight excluding hydrogens is 1280 g/mol. The fraction of sp³-hybridized carbons (Fsp3) is 0. The van der Waals surface area contributed by atoms with Crippen LogP contribution in [0.15, 0.2) is 315 Å². The van der Waals surface area contributed by atoms with Crippen molar-refractivity contribution in [3.05, 3.63) is 327 Å². The number of hydrogen-bond donors (Lipinski definition) is 0. The van der Waals surface area contributed by atoms with Crippen LogP contribution in [0.25, 0.3) is 205 Å². The third kappa shape index (κ3) is 7.68. The minimum Gasteiger partial charge on any atom is -0.306 e. The number of thiophene rings is 2. The van der Waals surface area contributed by atoms with Gasteiger partial charge in [0.25, 0.3) is 0 Å². The highest BCUT2D eigenvalue weighted by molar-refractivity contribution is 7.27. The van der Waals surface area contributed by atoms with Crippen LogP contribution in [-0.4, -0.2) is 18.3 Å². The maximum absolute atomic E-state index is 13.6. The highest BCUT2D eigenvalue weighted by Crippen LogP contribution is 2.55. The fourth-order valence-electron chi connectivity index (χ4n) is 17.6. The third-order valence-electron chi connectivity index (χ3n) is 21.6. The van der Waals surface area contributed by atoms with Crippen LogP contribution >= 0.6 is 22.7 Å².